The molecule has 132 valence electrons. The number of amides is 2. The molecule has 1 aliphatic carbocycles. The monoisotopic (exact) mass is 362 g/mol. The molecule has 2 amide bonds. The van der Waals surface area contributed by atoms with Gasteiger partial charge in [0.15, 0.2) is 6.61 Å². The lowest BCUT2D eigenvalue weighted by Gasteiger charge is -2.07. The molecule has 25 heavy (non-hydrogen) atoms. The third kappa shape index (κ3) is 4.08. The molecule has 0 saturated carbocycles. The molecule has 2 aromatic heterocycles. The van der Waals surface area contributed by atoms with Crippen LogP contribution in [-0.4, -0.2) is 24.4 Å². The molecule has 0 bridgehead atoms. The van der Waals surface area contributed by atoms with Crippen LogP contribution >= 0.6 is 11.3 Å². The molecule has 2 aromatic rings. The van der Waals surface area contributed by atoms with Crippen LogP contribution in [0.3, 0.4) is 0 Å². The van der Waals surface area contributed by atoms with E-state index in [1.807, 2.05) is 0 Å². The Labute approximate surface area is 148 Å². The van der Waals surface area contributed by atoms with E-state index >= 15 is 0 Å². The second-order valence-electron chi connectivity index (χ2n) is 5.71. The predicted octanol–water partition coefficient (Wildman–Crippen LogP) is 2.04. The number of carbonyl (C=O) groups excluding carboxylic acids is 3. The van der Waals surface area contributed by atoms with Crippen LogP contribution in [0.1, 0.15) is 39.4 Å². The van der Waals surface area contributed by atoms with Crippen LogP contribution in [0, 0.1) is 0 Å². The van der Waals surface area contributed by atoms with E-state index in [4.69, 9.17) is 14.9 Å². The van der Waals surface area contributed by atoms with Crippen molar-refractivity contribution in [3.8, 4) is 0 Å². The average Bonchev–Trinajstić information content (AvgIpc) is 3.27. The van der Waals surface area contributed by atoms with Crippen LogP contribution in [0.5, 0.6) is 0 Å². The van der Waals surface area contributed by atoms with Crippen LogP contribution in [0.2, 0.25) is 0 Å². The highest BCUT2D eigenvalue weighted by atomic mass is 32.1. The number of esters is 1. The zero-order valence-corrected chi connectivity index (χ0v) is 14.3. The van der Waals surface area contributed by atoms with Crippen molar-refractivity contribution >= 4 is 34.1 Å². The number of furan rings is 1. The maximum absolute atomic E-state index is 12.0. The van der Waals surface area contributed by atoms with Gasteiger partial charge in [-0.15, -0.1) is 11.3 Å². The second kappa shape index (κ2) is 7.52. The molecule has 1 aliphatic rings. The number of fused-ring (bicyclic) bond motifs is 1. The number of nitrogens with two attached hydrogens (primary N) is 1. The van der Waals surface area contributed by atoms with Gasteiger partial charge in [0.1, 0.15) is 10.8 Å². The number of anilines is 1. The van der Waals surface area contributed by atoms with E-state index in [1.165, 1.54) is 17.6 Å². The smallest absolute Gasteiger partial charge is 0.306 e. The SMILES string of the molecule is NC(=O)c1c(NC(=O)COC(=O)CCc2ccco2)sc2c1CCC2. The number of carbonyl (C=O) groups is 3. The van der Waals surface area contributed by atoms with E-state index in [1.54, 1.807) is 12.1 Å². The molecule has 0 unspecified atom stereocenters. The average molecular weight is 362 g/mol. The number of ether oxygens (including phenoxy) is 1. The van der Waals surface area contributed by atoms with E-state index < -0.39 is 24.4 Å². The minimum atomic E-state index is -0.551. The zero-order chi connectivity index (χ0) is 17.8. The van der Waals surface area contributed by atoms with Crippen molar-refractivity contribution in [1.82, 2.24) is 0 Å². The van der Waals surface area contributed by atoms with E-state index in [0.717, 1.165) is 29.7 Å². The molecule has 0 spiro atoms. The van der Waals surface area contributed by atoms with Gasteiger partial charge in [0.2, 0.25) is 0 Å². The van der Waals surface area contributed by atoms with Gasteiger partial charge in [-0.25, -0.2) is 0 Å². The molecule has 0 aromatic carbocycles. The molecule has 8 heteroatoms. The molecular formula is C17H18N2O5S. The molecular weight excluding hydrogens is 344 g/mol. The lowest BCUT2D eigenvalue weighted by molar-refractivity contribution is -0.147. The van der Waals surface area contributed by atoms with Crippen LogP contribution < -0.4 is 11.1 Å². The number of aryl methyl sites for hydroxylation is 2. The number of nitrogens with one attached hydrogen (secondary N) is 1. The Morgan fingerprint density at radius 1 is 1.32 bits per heavy atom. The highest BCUT2D eigenvalue weighted by Crippen LogP contribution is 2.38. The Morgan fingerprint density at radius 3 is 2.88 bits per heavy atom. The molecule has 2 heterocycles. The van der Waals surface area contributed by atoms with Crippen LogP contribution in [0.4, 0.5) is 5.00 Å². The summed E-state index contributed by atoms with van der Waals surface area (Å²) >= 11 is 1.36. The first-order valence-corrected chi connectivity index (χ1v) is 8.78. The zero-order valence-electron chi connectivity index (χ0n) is 13.5. The van der Waals surface area contributed by atoms with Gasteiger partial charge >= 0.3 is 5.97 Å². The fourth-order valence-corrected chi connectivity index (χ4v) is 4.12. The van der Waals surface area contributed by atoms with E-state index in [-0.39, 0.29) is 6.42 Å². The van der Waals surface area contributed by atoms with Gasteiger partial charge in [-0.2, -0.15) is 0 Å². The Morgan fingerprint density at radius 2 is 2.16 bits per heavy atom. The fourth-order valence-electron chi connectivity index (χ4n) is 2.81. The number of hydrogen-bond donors (Lipinski definition) is 2. The normalized spacial score (nSPS) is 12.6. The minimum Gasteiger partial charge on any atom is -0.469 e. The van der Waals surface area contributed by atoms with E-state index in [2.05, 4.69) is 5.32 Å². The number of rotatable bonds is 7. The molecule has 0 saturated heterocycles. The first-order valence-electron chi connectivity index (χ1n) is 7.97. The van der Waals surface area contributed by atoms with E-state index in [9.17, 15) is 14.4 Å². The molecule has 0 aliphatic heterocycles. The summed E-state index contributed by atoms with van der Waals surface area (Å²) < 4.78 is 10.1. The highest BCUT2D eigenvalue weighted by molar-refractivity contribution is 7.17. The largest absolute Gasteiger partial charge is 0.469 e. The third-order valence-electron chi connectivity index (χ3n) is 3.94. The number of hydrogen-bond acceptors (Lipinski definition) is 6. The van der Waals surface area contributed by atoms with Crippen LogP contribution in [-0.2, 0) is 33.6 Å². The second-order valence-corrected chi connectivity index (χ2v) is 6.82. The van der Waals surface area contributed by atoms with Gasteiger partial charge in [-0.05, 0) is 37.0 Å². The highest BCUT2D eigenvalue weighted by Gasteiger charge is 2.26. The van der Waals surface area contributed by atoms with Crippen molar-refractivity contribution in [2.75, 3.05) is 11.9 Å². The molecule has 3 N–H and O–H groups in total. The van der Waals surface area contributed by atoms with Crippen LogP contribution in [0.25, 0.3) is 0 Å². The molecule has 7 nitrogen and oxygen atoms in total. The van der Waals surface area contributed by atoms with Crippen molar-refractivity contribution in [2.45, 2.75) is 32.1 Å². The Kier molecular flexibility index (Phi) is 5.18. The maximum atomic E-state index is 12.0. The maximum Gasteiger partial charge on any atom is 0.306 e. The predicted molar refractivity (Wildman–Crippen MR) is 91.5 cm³/mol. The van der Waals surface area contributed by atoms with Crippen molar-refractivity contribution in [3.63, 3.8) is 0 Å². The standard InChI is InChI=1S/C17H18N2O5S/c18-16(22)15-11-4-1-5-12(11)25-17(15)19-13(20)9-24-14(21)7-6-10-3-2-8-23-10/h2-3,8H,1,4-7,9H2,(H2,18,22)(H,19,20). The summed E-state index contributed by atoms with van der Waals surface area (Å²) in [5, 5.41) is 3.07. The molecule has 0 atom stereocenters. The summed E-state index contributed by atoms with van der Waals surface area (Å²) in [6.45, 7) is -0.405. The third-order valence-corrected chi connectivity index (χ3v) is 5.15. The fraction of sp³-hybridized carbons (Fsp3) is 0.353. The van der Waals surface area contributed by atoms with Gasteiger partial charge < -0.3 is 20.2 Å². The summed E-state index contributed by atoms with van der Waals surface area (Å²) in [6, 6.07) is 3.50. The molecule has 0 radical (unpaired) electrons. The first kappa shape index (κ1) is 17.2. The van der Waals surface area contributed by atoms with Crippen molar-refractivity contribution in [3.05, 3.63) is 40.2 Å². The first-order chi connectivity index (χ1) is 12.0. The minimum absolute atomic E-state index is 0.126. The lowest BCUT2D eigenvalue weighted by atomic mass is 10.1. The van der Waals surface area contributed by atoms with Crippen molar-refractivity contribution in [2.24, 2.45) is 5.73 Å². The topological polar surface area (TPSA) is 112 Å². The number of thiophene rings is 1. The van der Waals surface area contributed by atoms with Crippen molar-refractivity contribution < 1.29 is 23.5 Å². The van der Waals surface area contributed by atoms with Gasteiger partial charge in [-0.3, -0.25) is 14.4 Å². The summed E-state index contributed by atoms with van der Waals surface area (Å²) in [5.41, 5.74) is 6.76. The van der Waals surface area contributed by atoms with E-state index in [0.29, 0.717) is 22.7 Å². The Balaban J connectivity index is 1.51. The van der Waals surface area contributed by atoms with Crippen molar-refractivity contribution in [1.29, 1.82) is 0 Å². The summed E-state index contributed by atoms with van der Waals surface area (Å²) in [7, 11) is 0. The van der Waals surface area contributed by atoms with Gasteiger partial charge in [0, 0.05) is 11.3 Å². The lowest BCUT2D eigenvalue weighted by Crippen LogP contribution is -2.22. The Hall–Kier alpha value is -2.61. The Bertz CT molecular complexity index is 794. The number of primary amides is 1. The van der Waals surface area contributed by atoms with Gasteiger partial charge in [0.05, 0.1) is 18.2 Å². The molecule has 0 fully saturated rings. The summed E-state index contributed by atoms with van der Waals surface area (Å²) in [5.74, 6) is -0.852. The van der Waals surface area contributed by atoms with Gasteiger partial charge in [-0.1, -0.05) is 0 Å². The van der Waals surface area contributed by atoms with Crippen LogP contribution in [0.15, 0.2) is 22.8 Å². The summed E-state index contributed by atoms with van der Waals surface area (Å²) in [6.07, 6.45) is 4.74. The summed E-state index contributed by atoms with van der Waals surface area (Å²) in [4.78, 5) is 36.4. The molecule has 3 rings (SSSR count). The van der Waals surface area contributed by atoms with Gasteiger partial charge in [0.25, 0.3) is 11.8 Å². The quantitative estimate of drug-likeness (QED) is 0.732.